The SMILES string of the molecule is CC(C)CNC(=O)[C@@H]1COC2(CCCCC2)N1C(=O)c1ccccc1C(F)(F)F. The van der Waals surface area contributed by atoms with Gasteiger partial charge in [0.15, 0.2) is 0 Å². The Morgan fingerprint density at radius 3 is 2.48 bits per heavy atom. The predicted molar refractivity (Wildman–Crippen MR) is 101 cm³/mol. The Balaban J connectivity index is 1.98. The Kier molecular flexibility index (Phi) is 6.22. The lowest BCUT2D eigenvalue weighted by atomic mass is 9.89. The lowest BCUT2D eigenvalue weighted by molar-refractivity contribution is -0.138. The highest BCUT2D eigenvalue weighted by Gasteiger charge is 2.53. The first-order valence-electron chi connectivity index (χ1n) is 10.1. The maximum absolute atomic E-state index is 13.5. The summed E-state index contributed by atoms with van der Waals surface area (Å²) < 4.78 is 46.5. The molecule has 0 aromatic heterocycles. The second-order valence-electron chi connectivity index (χ2n) is 8.19. The van der Waals surface area contributed by atoms with Gasteiger partial charge in [0.05, 0.1) is 17.7 Å². The molecule has 0 unspecified atom stereocenters. The van der Waals surface area contributed by atoms with E-state index in [0.717, 1.165) is 25.3 Å². The highest BCUT2D eigenvalue weighted by Crippen LogP contribution is 2.42. The van der Waals surface area contributed by atoms with Gasteiger partial charge in [-0.1, -0.05) is 32.4 Å². The molecule has 1 aromatic carbocycles. The van der Waals surface area contributed by atoms with Gasteiger partial charge in [0, 0.05) is 6.54 Å². The van der Waals surface area contributed by atoms with Gasteiger partial charge in [-0.05, 0) is 43.7 Å². The average Bonchev–Trinajstić information content (AvgIpc) is 3.03. The van der Waals surface area contributed by atoms with Crippen LogP contribution in [-0.2, 0) is 15.7 Å². The van der Waals surface area contributed by atoms with E-state index in [-0.39, 0.29) is 18.4 Å². The third kappa shape index (κ3) is 4.42. The number of nitrogens with one attached hydrogen (secondary N) is 1. The zero-order chi connectivity index (χ0) is 21.2. The third-order valence-electron chi connectivity index (χ3n) is 5.56. The minimum atomic E-state index is -4.66. The summed E-state index contributed by atoms with van der Waals surface area (Å²) >= 11 is 0. The number of ether oxygens (including phenoxy) is 1. The fraction of sp³-hybridized carbons (Fsp3) is 0.619. The van der Waals surface area contributed by atoms with Crippen LogP contribution in [0.1, 0.15) is 61.9 Å². The molecule has 1 aliphatic carbocycles. The third-order valence-corrected chi connectivity index (χ3v) is 5.56. The van der Waals surface area contributed by atoms with Crippen molar-refractivity contribution < 1.29 is 27.5 Å². The second-order valence-corrected chi connectivity index (χ2v) is 8.19. The number of halogens is 3. The lowest BCUT2D eigenvalue weighted by Gasteiger charge is -2.41. The number of hydrogen-bond donors (Lipinski definition) is 1. The Labute approximate surface area is 168 Å². The highest BCUT2D eigenvalue weighted by molar-refractivity contribution is 5.99. The monoisotopic (exact) mass is 412 g/mol. The van der Waals surface area contributed by atoms with Gasteiger partial charge in [-0.15, -0.1) is 0 Å². The summed E-state index contributed by atoms with van der Waals surface area (Å²) in [4.78, 5) is 27.5. The summed E-state index contributed by atoms with van der Waals surface area (Å²) in [7, 11) is 0. The topological polar surface area (TPSA) is 58.6 Å². The molecule has 0 bridgehead atoms. The van der Waals surface area contributed by atoms with Crippen LogP contribution in [0.25, 0.3) is 0 Å². The Hall–Kier alpha value is -2.09. The van der Waals surface area contributed by atoms with Crippen LogP contribution in [0.5, 0.6) is 0 Å². The molecule has 2 fully saturated rings. The second kappa shape index (κ2) is 8.34. The average molecular weight is 412 g/mol. The van der Waals surface area contributed by atoms with Crippen LogP contribution in [0.3, 0.4) is 0 Å². The number of rotatable bonds is 4. The molecule has 29 heavy (non-hydrogen) atoms. The number of alkyl halides is 3. The Bertz CT molecular complexity index is 758. The van der Waals surface area contributed by atoms with Crippen molar-refractivity contribution in [3.63, 3.8) is 0 Å². The molecule has 8 heteroatoms. The molecular weight excluding hydrogens is 385 g/mol. The number of carbonyl (C=O) groups excluding carboxylic acids is 2. The molecule has 160 valence electrons. The minimum Gasteiger partial charge on any atom is -0.354 e. The summed E-state index contributed by atoms with van der Waals surface area (Å²) in [6.45, 7) is 4.29. The Morgan fingerprint density at radius 2 is 1.86 bits per heavy atom. The molecule has 1 heterocycles. The summed E-state index contributed by atoms with van der Waals surface area (Å²) in [5, 5.41) is 2.79. The molecule has 1 saturated heterocycles. The van der Waals surface area contributed by atoms with Gasteiger partial charge in [-0.25, -0.2) is 0 Å². The molecule has 2 amide bonds. The van der Waals surface area contributed by atoms with Crippen molar-refractivity contribution in [2.45, 2.75) is 63.9 Å². The van der Waals surface area contributed by atoms with E-state index in [1.807, 2.05) is 13.8 Å². The number of amides is 2. The zero-order valence-electron chi connectivity index (χ0n) is 16.7. The molecule has 1 saturated carbocycles. The van der Waals surface area contributed by atoms with Crippen LogP contribution in [0.4, 0.5) is 13.2 Å². The Morgan fingerprint density at radius 1 is 1.21 bits per heavy atom. The van der Waals surface area contributed by atoms with E-state index >= 15 is 0 Å². The van der Waals surface area contributed by atoms with Crippen molar-refractivity contribution in [1.82, 2.24) is 10.2 Å². The molecule has 1 aliphatic heterocycles. The van der Waals surface area contributed by atoms with Gasteiger partial charge < -0.3 is 10.1 Å². The standard InChI is InChI=1S/C21H27F3N2O3/c1-14(2)12-25-18(27)17-13-29-20(10-6-3-7-11-20)26(17)19(28)15-8-4-5-9-16(15)21(22,23)24/h4-5,8-9,14,17H,3,6-7,10-13H2,1-2H3,(H,25,27)/t17-/m0/s1. The maximum Gasteiger partial charge on any atom is 0.417 e. The van der Waals surface area contributed by atoms with Crippen LogP contribution < -0.4 is 5.32 Å². The van der Waals surface area contributed by atoms with Crippen LogP contribution in [0.15, 0.2) is 24.3 Å². The van der Waals surface area contributed by atoms with Gasteiger partial charge in [-0.2, -0.15) is 13.2 Å². The van der Waals surface area contributed by atoms with E-state index in [1.54, 1.807) is 0 Å². The van der Waals surface area contributed by atoms with Crippen molar-refractivity contribution in [1.29, 1.82) is 0 Å². The van der Waals surface area contributed by atoms with Crippen LogP contribution >= 0.6 is 0 Å². The number of carbonyl (C=O) groups is 2. The molecule has 1 aromatic rings. The van der Waals surface area contributed by atoms with Crippen LogP contribution in [0.2, 0.25) is 0 Å². The smallest absolute Gasteiger partial charge is 0.354 e. The minimum absolute atomic E-state index is 0.0101. The molecule has 0 radical (unpaired) electrons. The van der Waals surface area contributed by atoms with E-state index in [2.05, 4.69) is 5.32 Å². The maximum atomic E-state index is 13.5. The van der Waals surface area contributed by atoms with Crippen LogP contribution in [0, 0.1) is 5.92 Å². The largest absolute Gasteiger partial charge is 0.417 e. The molecular formula is C21H27F3N2O3. The van der Waals surface area contributed by atoms with Crippen molar-refractivity contribution >= 4 is 11.8 Å². The fourth-order valence-electron chi connectivity index (χ4n) is 4.14. The summed E-state index contributed by atoms with van der Waals surface area (Å²) in [6, 6.07) is 3.78. The molecule has 1 spiro atoms. The number of hydrogen-bond acceptors (Lipinski definition) is 3. The predicted octanol–water partition coefficient (Wildman–Crippen LogP) is 3.98. The molecule has 3 rings (SSSR count). The molecule has 1 atom stereocenters. The molecule has 2 aliphatic rings. The van der Waals surface area contributed by atoms with Gasteiger partial charge in [-0.3, -0.25) is 14.5 Å². The molecule has 1 N–H and O–H groups in total. The van der Waals surface area contributed by atoms with Gasteiger partial charge in [0.25, 0.3) is 5.91 Å². The molecule has 5 nitrogen and oxygen atoms in total. The van der Waals surface area contributed by atoms with E-state index in [4.69, 9.17) is 4.74 Å². The van der Waals surface area contributed by atoms with E-state index in [9.17, 15) is 22.8 Å². The van der Waals surface area contributed by atoms with Crippen molar-refractivity contribution in [3.8, 4) is 0 Å². The lowest BCUT2D eigenvalue weighted by Crippen LogP contribution is -2.56. The van der Waals surface area contributed by atoms with E-state index < -0.39 is 35.0 Å². The summed E-state index contributed by atoms with van der Waals surface area (Å²) in [5.41, 5.74) is -2.46. The first-order valence-corrected chi connectivity index (χ1v) is 10.1. The first kappa shape index (κ1) is 21.6. The summed E-state index contributed by atoms with van der Waals surface area (Å²) in [6.07, 6.45) is -1.07. The van der Waals surface area contributed by atoms with Gasteiger partial charge in [0.2, 0.25) is 5.91 Å². The number of benzene rings is 1. The normalized spacial score (nSPS) is 21.6. The van der Waals surface area contributed by atoms with E-state index in [1.165, 1.54) is 23.1 Å². The van der Waals surface area contributed by atoms with Crippen molar-refractivity contribution in [3.05, 3.63) is 35.4 Å². The van der Waals surface area contributed by atoms with Crippen molar-refractivity contribution in [2.24, 2.45) is 5.92 Å². The number of nitrogens with zero attached hydrogens (tertiary/aromatic N) is 1. The van der Waals surface area contributed by atoms with Crippen molar-refractivity contribution in [2.75, 3.05) is 13.2 Å². The fourth-order valence-corrected chi connectivity index (χ4v) is 4.14. The quantitative estimate of drug-likeness (QED) is 0.814. The zero-order valence-corrected chi connectivity index (χ0v) is 16.7. The van der Waals surface area contributed by atoms with E-state index in [0.29, 0.717) is 19.4 Å². The summed E-state index contributed by atoms with van der Waals surface area (Å²) in [5.74, 6) is -0.985. The first-order chi connectivity index (χ1) is 13.7. The van der Waals surface area contributed by atoms with Gasteiger partial charge >= 0.3 is 6.18 Å². The van der Waals surface area contributed by atoms with Crippen LogP contribution in [-0.4, -0.2) is 41.6 Å². The van der Waals surface area contributed by atoms with Gasteiger partial charge in [0.1, 0.15) is 11.8 Å². The highest BCUT2D eigenvalue weighted by atomic mass is 19.4.